The summed E-state index contributed by atoms with van der Waals surface area (Å²) < 4.78 is 7.73. The van der Waals surface area contributed by atoms with Gasteiger partial charge in [-0.1, -0.05) is 22.9 Å². The van der Waals surface area contributed by atoms with E-state index >= 15 is 0 Å². The van der Waals surface area contributed by atoms with E-state index < -0.39 is 0 Å². The lowest BCUT2D eigenvalue weighted by molar-refractivity contribution is 0.113. The molecule has 4 nitrogen and oxygen atoms in total. The third-order valence-electron chi connectivity index (χ3n) is 2.45. The van der Waals surface area contributed by atoms with Crippen molar-refractivity contribution in [3.05, 3.63) is 11.6 Å². The minimum Gasteiger partial charge on any atom is -0.373 e. The van der Waals surface area contributed by atoms with Crippen molar-refractivity contribution in [2.24, 2.45) is 0 Å². The summed E-state index contributed by atoms with van der Waals surface area (Å²) >= 11 is 3.44. The van der Waals surface area contributed by atoms with Crippen LogP contribution in [0, 0.1) is 0 Å². The van der Waals surface area contributed by atoms with Crippen molar-refractivity contribution in [2.45, 2.75) is 44.2 Å². The number of nitrogens with zero attached hydrogens (tertiary/aromatic N) is 3. The number of halogens is 1. The van der Waals surface area contributed by atoms with E-state index in [4.69, 9.17) is 4.74 Å². The molecule has 1 saturated carbocycles. The van der Waals surface area contributed by atoms with Crippen LogP contribution >= 0.6 is 15.9 Å². The molecular weight excluding hydrogens is 258 g/mol. The molecule has 0 N–H and O–H groups in total. The van der Waals surface area contributed by atoms with Gasteiger partial charge in [0.1, 0.15) is 12.4 Å². The van der Waals surface area contributed by atoms with E-state index in [2.05, 4.69) is 37.6 Å². The summed E-state index contributed by atoms with van der Waals surface area (Å²) in [4.78, 5) is 0. The van der Waals surface area contributed by atoms with Crippen molar-refractivity contribution in [3.8, 4) is 0 Å². The highest BCUT2D eigenvalue weighted by atomic mass is 79.9. The smallest absolute Gasteiger partial charge is 0.159 e. The molecule has 0 radical (unpaired) electrons. The van der Waals surface area contributed by atoms with Gasteiger partial charge in [0.15, 0.2) is 5.82 Å². The second kappa shape index (κ2) is 5.07. The number of ether oxygens (including phenoxy) is 1. The summed E-state index contributed by atoms with van der Waals surface area (Å²) in [7, 11) is 0. The predicted molar refractivity (Wildman–Crippen MR) is 60.9 cm³/mol. The SMILES string of the molecule is CCCOCc1nnc(CBr)n1C1CC1. The molecule has 0 saturated heterocycles. The lowest BCUT2D eigenvalue weighted by Gasteiger charge is -2.07. The van der Waals surface area contributed by atoms with Gasteiger partial charge in [0.05, 0.1) is 5.33 Å². The van der Waals surface area contributed by atoms with Crippen LogP contribution in [0.5, 0.6) is 0 Å². The summed E-state index contributed by atoms with van der Waals surface area (Å²) in [6.45, 7) is 3.49. The Morgan fingerprint density at radius 2 is 2.13 bits per heavy atom. The third kappa shape index (κ3) is 2.58. The highest BCUT2D eigenvalue weighted by Crippen LogP contribution is 2.37. The maximum atomic E-state index is 5.51. The van der Waals surface area contributed by atoms with E-state index in [1.54, 1.807) is 0 Å². The summed E-state index contributed by atoms with van der Waals surface area (Å²) in [6.07, 6.45) is 3.54. The quantitative estimate of drug-likeness (QED) is 0.591. The minimum absolute atomic E-state index is 0.588. The van der Waals surface area contributed by atoms with Crippen LogP contribution in [0.3, 0.4) is 0 Å². The molecule has 2 rings (SSSR count). The number of hydrogen-bond acceptors (Lipinski definition) is 3. The lowest BCUT2D eigenvalue weighted by atomic mass is 10.5. The Hall–Kier alpha value is -0.420. The lowest BCUT2D eigenvalue weighted by Crippen LogP contribution is -2.07. The molecule has 1 aromatic rings. The fraction of sp³-hybridized carbons (Fsp3) is 0.800. The van der Waals surface area contributed by atoms with Gasteiger partial charge in [-0.15, -0.1) is 10.2 Å². The van der Waals surface area contributed by atoms with Gasteiger partial charge in [-0.2, -0.15) is 0 Å². The standard InChI is InChI=1S/C10H16BrN3O/c1-2-5-15-7-10-13-12-9(6-11)14(10)8-3-4-8/h8H,2-7H2,1H3. The average Bonchev–Trinajstić information content (AvgIpc) is 3.00. The summed E-state index contributed by atoms with van der Waals surface area (Å²) in [5.74, 6) is 1.99. The van der Waals surface area contributed by atoms with E-state index in [-0.39, 0.29) is 0 Å². The fourth-order valence-corrected chi connectivity index (χ4v) is 1.99. The molecule has 0 amide bonds. The Kier molecular flexibility index (Phi) is 3.75. The maximum absolute atomic E-state index is 5.51. The number of alkyl halides is 1. The van der Waals surface area contributed by atoms with Gasteiger partial charge < -0.3 is 9.30 Å². The van der Waals surface area contributed by atoms with E-state index in [0.717, 1.165) is 30.0 Å². The Balaban J connectivity index is 2.05. The molecule has 15 heavy (non-hydrogen) atoms. The molecule has 0 spiro atoms. The number of aromatic nitrogens is 3. The summed E-state index contributed by atoms with van der Waals surface area (Å²) in [5.41, 5.74) is 0. The molecule has 0 atom stereocenters. The first-order valence-corrected chi connectivity index (χ1v) is 6.55. The van der Waals surface area contributed by atoms with Gasteiger partial charge >= 0.3 is 0 Å². The molecule has 1 heterocycles. The van der Waals surface area contributed by atoms with E-state index in [1.165, 1.54) is 12.8 Å². The molecule has 1 aliphatic rings. The average molecular weight is 274 g/mol. The zero-order valence-corrected chi connectivity index (χ0v) is 10.5. The topological polar surface area (TPSA) is 39.9 Å². The Bertz CT molecular complexity index is 322. The van der Waals surface area contributed by atoms with Crippen LogP contribution in [0.25, 0.3) is 0 Å². The Morgan fingerprint density at radius 1 is 1.40 bits per heavy atom. The molecule has 0 bridgehead atoms. The van der Waals surface area contributed by atoms with Crippen molar-refractivity contribution in [2.75, 3.05) is 6.61 Å². The number of hydrogen-bond donors (Lipinski definition) is 0. The molecule has 84 valence electrons. The first kappa shape index (κ1) is 11.1. The van der Waals surface area contributed by atoms with Crippen LogP contribution in [0.2, 0.25) is 0 Å². The zero-order chi connectivity index (χ0) is 10.7. The minimum atomic E-state index is 0.588. The molecule has 0 aromatic carbocycles. The molecule has 1 aromatic heterocycles. The third-order valence-corrected chi connectivity index (χ3v) is 2.95. The largest absolute Gasteiger partial charge is 0.373 e. The van der Waals surface area contributed by atoms with Crippen LogP contribution in [-0.4, -0.2) is 21.4 Å². The van der Waals surface area contributed by atoms with E-state index in [9.17, 15) is 0 Å². The van der Waals surface area contributed by atoms with E-state index in [1.807, 2.05) is 0 Å². The highest BCUT2D eigenvalue weighted by Gasteiger charge is 2.28. The number of rotatable bonds is 6. The molecule has 1 fully saturated rings. The zero-order valence-electron chi connectivity index (χ0n) is 8.95. The van der Waals surface area contributed by atoms with Crippen molar-refractivity contribution >= 4 is 15.9 Å². The normalized spacial score (nSPS) is 15.9. The fourth-order valence-electron chi connectivity index (χ4n) is 1.61. The molecular formula is C10H16BrN3O. The predicted octanol–water partition coefficient (Wildman–Crippen LogP) is 2.43. The van der Waals surface area contributed by atoms with Gasteiger partial charge in [-0.05, 0) is 19.3 Å². The van der Waals surface area contributed by atoms with Crippen LogP contribution in [0.1, 0.15) is 43.9 Å². The van der Waals surface area contributed by atoms with Crippen molar-refractivity contribution < 1.29 is 4.74 Å². The van der Waals surface area contributed by atoms with E-state index in [0.29, 0.717) is 12.6 Å². The van der Waals surface area contributed by atoms with Gasteiger partial charge in [0, 0.05) is 12.6 Å². The summed E-state index contributed by atoms with van der Waals surface area (Å²) in [6, 6.07) is 0.618. The molecule has 0 unspecified atom stereocenters. The molecule has 1 aliphatic carbocycles. The first-order chi connectivity index (χ1) is 7.36. The first-order valence-electron chi connectivity index (χ1n) is 5.43. The van der Waals surface area contributed by atoms with Gasteiger partial charge in [0.25, 0.3) is 0 Å². The Morgan fingerprint density at radius 3 is 2.73 bits per heavy atom. The van der Waals surface area contributed by atoms with Crippen LogP contribution < -0.4 is 0 Å². The summed E-state index contributed by atoms with van der Waals surface area (Å²) in [5, 5.41) is 9.11. The Labute approximate surface area is 98.2 Å². The molecule has 5 heteroatoms. The molecule has 0 aliphatic heterocycles. The second-order valence-electron chi connectivity index (χ2n) is 3.82. The van der Waals surface area contributed by atoms with Gasteiger partial charge in [-0.3, -0.25) is 0 Å². The van der Waals surface area contributed by atoms with Crippen LogP contribution in [0.4, 0.5) is 0 Å². The highest BCUT2D eigenvalue weighted by molar-refractivity contribution is 9.08. The van der Waals surface area contributed by atoms with Gasteiger partial charge in [-0.25, -0.2) is 0 Å². The van der Waals surface area contributed by atoms with Crippen molar-refractivity contribution in [1.29, 1.82) is 0 Å². The van der Waals surface area contributed by atoms with Crippen LogP contribution in [0.15, 0.2) is 0 Å². The second-order valence-corrected chi connectivity index (χ2v) is 4.38. The van der Waals surface area contributed by atoms with Gasteiger partial charge in [0.2, 0.25) is 0 Å². The van der Waals surface area contributed by atoms with Crippen molar-refractivity contribution in [1.82, 2.24) is 14.8 Å². The maximum Gasteiger partial charge on any atom is 0.159 e. The van der Waals surface area contributed by atoms with Crippen LogP contribution in [-0.2, 0) is 16.7 Å². The van der Waals surface area contributed by atoms with Crippen molar-refractivity contribution in [3.63, 3.8) is 0 Å². The monoisotopic (exact) mass is 273 g/mol.